The van der Waals surface area contributed by atoms with Crippen molar-refractivity contribution in [2.75, 3.05) is 25.4 Å². The second-order valence-electron chi connectivity index (χ2n) is 3.73. The molecule has 1 aromatic carbocycles. The molecule has 0 bridgehead atoms. The van der Waals surface area contributed by atoms with Crippen molar-refractivity contribution in [2.24, 2.45) is 0 Å². The molecule has 0 aromatic heterocycles. The molecule has 0 radical (unpaired) electrons. The molecule has 1 amide bonds. The number of nitrogens with two attached hydrogens (primary N) is 1. The van der Waals surface area contributed by atoms with Gasteiger partial charge < -0.3 is 15.4 Å². The zero-order valence-corrected chi connectivity index (χ0v) is 12.0. The Morgan fingerprint density at radius 2 is 2.05 bits per heavy atom. The fourth-order valence-corrected chi connectivity index (χ4v) is 1.64. The molecule has 0 aliphatic rings. The lowest BCUT2D eigenvalue weighted by atomic mass is 10.1. The van der Waals surface area contributed by atoms with Crippen LogP contribution in [0, 0.1) is 12.3 Å². The summed E-state index contributed by atoms with van der Waals surface area (Å²) in [7, 11) is 0. The molecule has 0 aliphatic carbocycles. The SMILES string of the molecule is C#CCOc1ccc(N)cc1C(=O)N(CC)CC.Cl. The summed E-state index contributed by atoms with van der Waals surface area (Å²) in [5, 5.41) is 0. The Kier molecular flexibility index (Phi) is 7.47. The van der Waals surface area contributed by atoms with Crippen LogP contribution < -0.4 is 10.5 Å². The highest BCUT2D eigenvalue weighted by Crippen LogP contribution is 2.23. The Morgan fingerprint density at radius 1 is 1.42 bits per heavy atom. The van der Waals surface area contributed by atoms with Crippen molar-refractivity contribution in [1.82, 2.24) is 4.90 Å². The molecule has 0 unspecified atom stereocenters. The van der Waals surface area contributed by atoms with E-state index in [1.807, 2.05) is 13.8 Å². The Labute approximate surface area is 120 Å². The number of nitrogen functional groups attached to an aromatic ring is 1. The molecule has 1 aromatic rings. The number of hydrogen-bond donors (Lipinski definition) is 1. The van der Waals surface area contributed by atoms with Crippen LogP contribution in [0.2, 0.25) is 0 Å². The number of amides is 1. The number of benzene rings is 1. The maximum Gasteiger partial charge on any atom is 0.257 e. The van der Waals surface area contributed by atoms with E-state index in [0.717, 1.165) is 0 Å². The van der Waals surface area contributed by atoms with Crippen LogP contribution in [0.4, 0.5) is 5.69 Å². The van der Waals surface area contributed by atoms with E-state index in [1.165, 1.54) is 0 Å². The Balaban J connectivity index is 0.00000324. The van der Waals surface area contributed by atoms with Crippen LogP contribution in [-0.4, -0.2) is 30.5 Å². The lowest BCUT2D eigenvalue weighted by Gasteiger charge is -2.20. The molecular weight excluding hydrogens is 264 g/mol. The number of halogens is 1. The molecule has 0 atom stereocenters. The first-order valence-corrected chi connectivity index (χ1v) is 5.89. The van der Waals surface area contributed by atoms with Gasteiger partial charge in [-0.1, -0.05) is 5.92 Å². The van der Waals surface area contributed by atoms with Gasteiger partial charge >= 0.3 is 0 Å². The van der Waals surface area contributed by atoms with Gasteiger partial charge in [-0.15, -0.1) is 18.8 Å². The van der Waals surface area contributed by atoms with Crippen LogP contribution in [0.15, 0.2) is 18.2 Å². The van der Waals surface area contributed by atoms with Crippen molar-refractivity contribution < 1.29 is 9.53 Å². The molecule has 19 heavy (non-hydrogen) atoms. The summed E-state index contributed by atoms with van der Waals surface area (Å²) >= 11 is 0. The second-order valence-corrected chi connectivity index (χ2v) is 3.73. The van der Waals surface area contributed by atoms with Crippen LogP contribution in [-0.2, 0) is 0 Å². The number of carbonyl (C=O) groups is 1. The molecule has 104 valence electrons. The molecule has 0 saturated carbocycles. The number of carbonyl (C=O) groups excluding carboxylic acids is 1. The van der Waals surface area contributed by atoms with E-state index in [1.54, 1.807) is 23.1 Å². The highest BCUT2D eigenvalue weighted by molar-refractivity contribution is 5.97. The fourth-order valence-electron chi connectivity index (χ4n) is 1.64. The molecular formula is C14H19ClN2O2. The highest BCUT2D eigenvalue weighted by Gasteiger charge is 2.17. The van der Waals surface area contributed by atoms with Gasteiger partial charge in [-0.25, -0.2) is 0 Å². The van der Waals surface area contributed by atoms with Crippen molar-refractivity contribution in [1.29, 1.82) is 0 Å². The topological polar surface area (TPSA) is 55.6 Å². The van der Waals surface area contributed by atoms with Crippen LogP contribution in [0.1, 0.15) is 24.2 Å². The number of hydrogen-bond acceptors (Lipinski definition) is 3. The maximum absolute atomic E-state index is 12.3. The van der Waals surface area contributed by atoms with Crippen molar-refractivity contribution in [3.8, 4) is 18.1 Å². The smallest absolute Gasteiger partial charge is 0.257 e. The first kappa shape index (κ1) is 17.1. The van der Waals surface area contributed by atoms with Gasteiger partial charge in [0.2, 0.25) is 0 Å². The van der Waals surface area contributed by atoms with Crippen molar-refractivity contribution >= 4 is 24.0 Å². The molecule has 0 fully saturated rings. The van der Waals surface area contributed by atoms with Crippen molar-refractivity contribution in [3.63, 3.8) is 0 Å². The predicted octanol–water partition coefficient (Wildman–Crippen LogP) is 2.18. The Bertz CT molecular complexity index is 465. The van der Waals surface area contributed by atoms with Crippen molar-refractivity contribution in [2.45, 2.75) is 13.8 Å². The fraction of sp³-hybridized carbons (Fsp3) is 0.357. The normalized spacial score (nSPS) is 9.11. The third kappa shape index (κ3) is 4.38. The van der Waals surface area contributed by atoms with E-state index in [2.05, 4.69) is 5.92 Å². The number of nitrogens with zero attached hydrogens (tertiary/aromatic N) is 1. The predicted molar refractivity (Wildman–Crippen MR) is 79.7 cm³/mol. The van der Waals surface area contributed by atoms with Gasteiger partial charge in [-0.3, -0.25) is 4.79 Å². The quantitative estimate of drug-likeness (QED) is 0.665. The molecule has 5 heteroatoms. The standard InChI is InChI=1S/C14H18N2O2.ClH/c1-4-9-18-13-8-7-11(15)10-12(13)14(17)16(5-2)6-3;/h1,7-8,10H,5-6,9,15H2,2-3H3;1H. The minimum Gasteiger partial charge on any atom is -0.480 e. The largest absolute Gasteiger partial charge is 0.480 e. The molecule has 0 saturated heterocycles. The molecule has 0 aliphatic heterocycles. The minimum atomic E-state index is -0.0979. The van der Waals surface area contributed by atoms with Gasteiger partial charge in [0.05, 0.1) is 5.56 Å². The molecule has 2 N–H and O–H groups in total. The third-order valence-corrected chi connectivity index (χ3v) is 2.60. The van der Waals surface area contributed by atoms with Crippen LogP contribution in [0.3, 0.4) is 0 Å². The molecule has 0 heterocycles. The van der Waals surface area contributed by atoms with Crippen molar-refractivity contribution in [3.05, 3.63) is 23.8 Å². The van der Waals surface area contributed by atoms with Gasteiger partial charge in [0.15, 0.2) is 0 Å². The summed E-state index contributed by atoms with van der Waals surface area (Å²) in [5.41, 5.74) is 6.69. The summed E-state index contributed by atoms with van der Waals surface area (Å²) in [4.78, 5) is 14.0. The molecule has 1 rings (SSSR count). The van der Waals surface area contributed by atoms with Gasteiger partial charge in [-0.05, 0) is 32.0 Å². The third-order valence-electron chi connectivity index (χ3n) is 2.60. The van der Waals surface area contributed by atoms with E-state index in [0.29, 0.717) is 30.1 Å². The molecule has 4 nitrogen and oxygen atoms in total. The van der Waals surface area contributed by atoms with Gasteiger partial charge in [0.25, 0.3) is 5.91 Å². The first-order valence-electron chi connectivity index (χ1n) is 5.89. The van der Waals surface area contributed by atoms with Crippen LogP contribution in [0.25, 0.3) is 0 Å². The maximum atomic E-state index is 12.3. The zero-order valence-electron chi connectivity index (χ0n) is 11.2. The summed E-state index contributed by atoms with van der Waals surface area (Å²) in [6, 6.07) is 4.97. The Morgan fingerprint density at radius 3 is 2.58 bits per heavy atom. The average Bonchev–Trinajstić information content (AvgIpc) is 2.38. The summed E-state index contributed by atoms with van der Waals surface area (Å²) in [6.07, 6.45) is 5.15. The summed E-state index contributed by atoms with van der Waals surface area (Å²) in [6.45, 7) is 5.26. The summed E-state index contributed by atoms with van der Waals surface area (Å²) in [5.74, 6) is 2.75. The first-order chi connectivity index (χ1) is 8.63. The minimum absolute atomic E-state index is 0. The van der Waals surface area contributed by atoms with Gasteiger partial charge in [-0.2, -0.15) is 0 Å². The lowest BCUT2D eigenvalue weighted by Crippen LogP contribution is -2.30. The van der Waals surface area contributed by atoms with E-state index in [4.69, 9.17) is 16.9 Å². The van der Waals surface area contributed by atoms with Crippen LogP contribution >= 0.6 is 12.4 Å². The van der Waals surface area contributed by atoms with E-state index < -0.39 is 0 Å². The monoisotopic (exact) mass is 282 g/mol. The van der Waals surface area contributed by atoms with Gasteiger partial charge in [0, 0.05) is 18.8 Å². The molecule has 0 spiro atoms. The average molecular weight is 283 g/mol. The summed E-state index contributed by atoms with van der Waals surface area (Å²) < 4.78 is 5.36. The number of anilines is 1. The lowest BCUT2D eigenvalue weighted by molar-refractivity contribution is 0.0769. The van der Waals surface area contributed by atoms with E-state index in [9.17, 15) is 4.79 Å². The number of ether oxygens (including phenoxy) is 1. The number of rotatable bonds is 5. The zero-order chi connectivity index (χ0) is 13.5. The van der Waals surface area contributed by atoms with E-state index in [-0.39, 0.29) is 24.9 Å². The van der Waals surface area contributed by atoms with Gasteiger partial charge in [0.1, 0.15) is 12.4 Å². The number of terminal acetylenes is 1. The van der Waals surface area contributed by atoms with E-state index >= 15 is 0 Å². The second kappa shape index (κ2) is 8.28. The van der Waals surface area contributed by atoms with Crippen LogP contribution in [0.5, 0.6) is 5.75 Å². The highest BCUT2D eigenvalue weighted by atomic mass is 35.5. The Hall–Kier alpha value is -1.86.